The van der Waals surface area contributed by atoms with Crippen LogP contribution in [0.5, 0.6) is 0 Å². The highest BCUT2D eigenvalue weighted by atomic mass is 16.2. The zero-order valence-corrected chi connectivity index (χ0v) is 10.8. The molecule has 1 heterocycles. The molecule has 3 N–H and O–H groups in total. The van der Waals surface area contributed by atoms with E-state index in [1.807, 2.05) is 0 Å². The minimum atomic E-state index is 0.198. The molecule has 0 bridgehead atoms. The van der Waals surface area contributed by atoms with Gasteiger partial charge in [-0.3, -0.25) is 9.69 Å². The van der Waals surface area contributed by atoms with E-state index in [-0.39, 0.29) is 5.91 Å². The number of nitrogens with two attached hydrogens (primary N) is 1. The van der Waals surface area contributed by atoms with E-state index in [9.17, 15) is 4.79 Å². The lowest BCUT2D eigenvalue weighted by Gasteiger charge is -2.29. The first-order valence-corrected chi connectivity index (χ1v) is 6.96. The van der Waals surface area contributed by atoms with E-state index in [4.69, 9.17) is 5.73 Å². The van der Waals surface area contributed by atoms with E-state index in [1.54, 1.807) is 0 Å². The van der Waals surface area contributed by atoms with Crippen LogP contribution in [-0.2, 0) is 4.79 Å². The predicted molar refractivity (Wildman–Crippen MR) is 68.6 cm³/mol. The first-order valence-electron chi connectivity index (χ1n) is 6.96. The molecule has 2 atom stereocenters. The second-order valence-electron chi connectivity index (χ2n) is 5.57. The van der Waals surface area contributed by atoms with Crippen molar-refractivity contribution in [1.29, 1.82) is 0 Å². The third kappa shape index (κ3) is 3.96. The largest absolute Gasteiger partial charge is 0.352 e. The summed E-state index contributed by atoms with van der Waals surface area (Å²) in [7, 11) is 0. The van der Waals surface area contributed by atoms with Crippen LogP contribution in [0.3, 0.4) is 0 Å². The van der Waals surface area contributed by atoms with Gasteiger partial charge in [-0.25, -0.2) is 0 Å². The second-order valence-corrected chi connectivity index (χ2v) is 5.57. The van der Waals surface area contributed by atoms with Crippen molar-refractivity contribution in [3.8, 4) is 0 Å². The summed E-state index contributed by atoms with van der Waals surface area (Å²) < 4.78 is 0. The average Bonchev–Trinajstić information content (AvgIpc) is 3.00. The van der Waals surface area contributed by atoms with Gasteiger partial charge in [0.1, 0.15) is 0 Å². The Kier molecular flexibility index (Phi) is 4.40. The first kappa shape index (κ1) is 12.8. The molecular weight excluding hydrogens is 214 g/mol. The summed E-state index contributed by atoms with van der Waals surface area (Å²) in [5, 5.41) is 3.14. The summed E-state index contributed by atoms with van der Waals surface area (Å²) in [6.45, 7) is 4.70. The average molecular weight is 239 g/mol. The number of piperidine rings is 1. The number of carbonyl (C=O) groups excluding carboxylic acids is 1. The van der Waals surface area contributed by atoms with E-state index in [1.165, 1.54) is 19.3 Å². The summed E-state index contributed by atoms with van der Waals surface area (Å²) >= 11 is 0. The molecule has 2 rings (SSSR count). The number of nitrogens with one attached hydrogen (secondary N) is 1. The zero-order chi connectivity index (χ0) is 12.3. The molecule has 0 spiro atoms. The molecule has 0 radical (unpaired) electrons. The van der Waals surface area contributed by atoms with Crippen LogP contribution >= 0.6 is 0 Å². The van der Waals surface area contributed by atoms with Gasteiger partial charge in [-0.15, -0.1) is 0 Å². The maximum atomic E-state index is 11.8. The Morgan fingerprint density at radius 3 is 2.76 bits per heavy atom. The van der Waals surface area contributed by atoms with Crippen molar-refractivity contribution >= 4 is 5.91 Å². The fraction of sp³-hybridized carbons (Fsp3) is 0.923. The molecule has 4 nitrogen and oxygen atoms in total. The van der Waals surface area contributed by atoms with Crippen molar-refractivity contribution in [3.63, 3.8) is 0 Å². The zero-order valence-electron chi connectivity index (χ0n) is 10.8. The molecule has 98 valence electrons. The Hall–Kier alpha value is -0.610. The molecule has 4 heteroatoms. The minimum Gasteiger partial charge on any atom is -0.352 e. The number of nitrogens with zero attached hydrogens (tertiary/aromatic N) is 1. The lowest BCUT2D eigenvalue weighted by atomic mass is 10.1. The van der Waals surface area contributed by atoms with Gasteiger partial charge in [-0.1, -0.05) is 13.3 Å². The summed E-state index contributed by atoms with van der Waals surface area (Å²) in [6, 6.07) is 0.807. The Morgan fingerprint density at radius 1 is 1.41 bits per heavy atom. The highest BCUT2D eigenvalue weighted by molar-refractivity contribution is 5.78. The van der Waals surface area contributed by atoms with Crippen LogP contribution in [0.25, 0.3) is 0 Å². The van der Waals surface area contributed by atoms with Gasteiger partial charge in [0.25, 0.3) is 0 Å². The monoisotopic (exact) mass is 239 g/mol. The number of carbonyl (C=O) groups is 1. The highest BCUT2D eigenvalue weighted by Crippen LogP contribution is 2.34. The smallest absolute Gasteiger partial charge is 0.234 e. The van der Waals surface area contributed by atoms with Crippen LogP contribution in [-0.4, -0.2) is 42.5 Å². The summed E-state index contributed by atoms with van der Waals surface area (Å²) in [4.78, 5) is 14.0. The van der Waals surface area contributed by atoms with E-state index < -0.39 is 0 Å². The van der Waals surface area contributed by atoms with Crippen LogP contribution in [0.4, 0.5) is 0 Å². The van der Waals surface area contributed by atoms with Gasteiger partial charge >= 0.3 is 0 Å². The second kappa shape index (κ2) is 5.83. The molecule has 2 fully saturated rings. The van der Waals surface area contributed by atoms with Gasteiger partial charge in [0, 0.05) is 25.2 Å². The SMILES string of the molecule is CCCC1CC1NC(=O)CN1CCC(N)CC1. The quantitative estimate of drug-likeness (QED) is 0.743. The molecule has 1 aliphatic carbocycles. The fourth-order valence-corrected chi connectivity index (χ4v) is 2.68. The third-order valence-corrected chi connectivity index (χ3v) is 3.93. The van der Waals surface area contributed by atoms with Crippen LogP contribution in [0, 0.1) is 5.92 Å². The van der Waals surface area contributed by atoms with Gasteiger partial charge in [-0.05, 0) is 31.6 Å². The molecule has 0 aromatic carbocycles. The molecule has 1 amide bonds. The van der Waals surface area contributed by atoms with E-state index >= 15 is 0 Å². The maximum absolute atomic E-state index is 11.8. The van der Waals surface area contributed by atoms with Gasteiger partial charge in [0.15, 0.2) is 0 Å². The summed E-state index contributed by atoms with van der Waals surface area (Å²) in [5.74, 6) is 0.947. The van der Waals surface area contributed by atoms with Crippen molar-refractivity contribution < 1.29 is 4.79 Å². The molecule has 0 aromatic heterocycles. The normalized spacial score (nSPS) is 30.2. The van der Waals surface area contributed by atoms with Crippen LogP contribution in [0.1, 0.15) is 39.0 Å². The molecule has 0 aromatic rings. The number of hydrogen-bond acceptors (Lipinski definition) is 3. The Balaban J connectivity index is 1.61. The lowest BCUT2D eigenvalue weighted by molar-refractivity contribution is -0.122. The lowest BCUT2D eigenvalue weighted by Crippen LogP contribution is -2.45. The van der Waals surface area contributed by atoms with E-state index in [2.05, 4.69) is 17.1 Å². The predicted octanol–water partition coefficient (Wildman–Crippen LogP) is 0.714. The molecule has 1 saturated heterocycles. The highest BCUT2D eigenvalue weighted by Gasteiger charge is 2.37. The van der Waals surface area contributed by atoms with Gasteiger partial charge in [-0.2, -0.15) is 0 Å². The number of hydrogen-bond donors (Lipinski definition) is 2. The Morgan fingerprint density at radius 2 is 2.12 bits per heavy atom. The van der Waals surface area contributed by atoms with Crippen LogP contribution in [0.15, 0.2) is 0 Å². The van der Waals surface area contributed by atoms with Gasteiger partial charge in [0.2, 0.25) is 5.91 Å². The van der Waals surface area contributed by atoms with Crippen molar-refractivity contribution in [3.05, 3.63) is 0 Å². The maximum Gasteiger partial charge on any atom is 0.234 e. The molecule has 2 aliphatic rings. The van der Waals surface area contributed by atoms with Crippen molar-refractivity contribution in [2.24, 2.45) is 11.7 Å². The topological polar surface area (TPSA) is 58.4 Å². The summed E-state index contributed by atoms with van der Waals surface area (Å²) in [6.07, 6.45) is 5.71. The van der Waals surface area contributed by atoms with Crippen molar-refractivity contribution in [1.82, 2.24) is 10.2 Å². The molecule has 1 saturated carbocycles. The van der Waals surface area contributed by atoms with Crippen molar-refractivity contribution in [2.75, 3.05) is 19.6 Å². The van der Waals surface area contributed by atoms with Crippen molar-refractivity contribution in [2.45, 2.75) is 51.1 Å². The molecule has 1 aliphatic heterocycles. The van der Waals surface area contributed by atoms with Crippen LogP contribution < -0.4 is 11.1 Å². The van der Waals surface area contributed by atoms with E-state index in [0.29, 0.717) is 18.6 Å². The Labute approximate surface area is 104 Å². The fourth-order valence-electron chi connectivity index (χ4n) is 2.68. The first-order chi connectivity index (χ1) is 8.19. The number of rotatable bonds is 5. The molecule has 2 unspecified atom stereocenters. The minimum absolute atomic E-state index is 0.198. The van der Waals surface area contributed by atoms with E-state index in [0.717, 1.165) is 31.8 Å². The van der Waals surface area contributed by atoms with Gasteiger partial charge < -0.3 is 11.1 Å². The third-order valence-electron chi connectivity index (χ3n) is 3.93. The molecular formula is C13H25N3O. The number of likely N-dealkylation sites (tertiary alicyclic amines) is 1. The standard InChI is InChI=1S/C13H25N3O/c1-2-3-10-8-12(10)15-13(17)9-16-6-4-11(14)5-7-16/h10-12H,2-9,14H2,1H3,(H,15,17). The Bertz CT molecular complexity index is 261. The molecule has 17 heavy (non-hydrogen) atoms. The van der Waals surface area contributed by atoms with Crippen LogP contribution in [0.2, 0.25) is 0 Å². The number of amides is 1. The van der Waals surface area contributed by atoms with Gasteiger partial charge in [0.05, 0.1) is 6.54 Å². The summed E-state index contributed by atoms with van der Waals surface area (Å²) in [5.41, 5.74) is 5.84.